The molecule has 0 bridgehead atoms. The fraction of sp³-hybridized carbons (Fsp3) is 0.120. The number of ether oxygens (including phenoxy) is 1. The van der Waals surface area contributed by atoms with Gasteiger partial charge in [0.15, 0.2) is 0 Å². The smallest absolute Gasteiger partial charge is 0.407 e. The van der Waals surface area contributed by atoms with Crippen LogP contribution in [0.5, 0.6) is 0 Å². The van der Waals surface area contributed by atoms with Crippen LogP contribution in [0.3, 0.4) is 0 Å². The molecule has 33 heavy (non-hydrogen) atoms. The number of rotatable bonds is 6. The lowest BCUT2D eigenvalue weighted by atomic mass is 9.98. The third-order valence-corrected chi connectivity index (χ3v) is 5.57. The number of nitrogens with one attached hydrogen (secondary N) is 1. The Labute approximate surface area is 188 Å². The number of carbonyl (C=O) groups excluding carboxylic acids is 1. The van der Waals surface area contributed by atoms with Gasteiger partial charge in [0.1, 0.15) is 6.61 Å². The summed E-state index contributed by atoms with van der Waals surface area (Å²) in [6, 6.07) is 23.4. The van der Waals surface area contributed by atoms with Crippen molar-refractivity contribution in [3.63, 3.8) is 0 Å². The van der Waals surface area contributed by atoms with Crippen molar-refractivity contribution in [1.29, 1.82) is 0 Å². The van der Waals surface area contributed by atoms with Crippen LogP contribution in [0.1, 0.15) is 33.2 Å². The molecular weight excluding hydrogens is 422 g/mol. The van der Waals surface area contributed by atoms with Gasteiger partial charge in [0, 0.05) is 18.0 Å². The first-order valence-corrected chi connectivity index (χ1v) is 10.4. The first-order valence-electron chi connectivity index (χ1n) is 10.4. The third kappa shape index (κ3) is 4.06. The fourth-order valence-corrected chi connectivity index (χ4v) is 4.07. The van der Waals surface area contributed by atoms with E-state index in [9.17, 15) is 9.59 Å². The van der Waals surface area contributed by atoms with E-state index in [1.165, 1.54) is 11.1 Å². The van der Waals surface area contributed by atoms with Gasteiger partial charge in [-0.3, -0.25) is 0 Å². The molecule has 1 amide bonds. The lowest BCUT2D eigenvalue weighted by molar-refractivity contribution is 0.0680. The largest absolute Gasteiger partial charge is 0.475 e. The van der Waals surface area contributed by atoms with E-state index in [0.29, 0.717) is 5.56 Å². The van der Waals surface area contributed by atoms with Gasteiger partial charge in [-0.05, 0) is 45.1 Å². The topological polar surface area (TPSA) is 115 Å². The Kier molecular flexibility index (Phi) is 5.32. The number of carboxylic acid groups (broad SMARTS) is 1. The molecule has 2 N–H and O–H groups in total. The van der Waals surface area contributed by atoms with E-state index in [2.05, 4.69) is 39.7 Å². The van der Waals surface area contributed by atoms with Gasteiger partial charge in [0.25, 0.3) is 11.7 Å². The van der Waals surface area contributed by atoms with Crippen LogP contribution in [0.2, 0.25) is 0 Å². The summed E-state index contributed by atoms with van der Waals surface area (Å²) in [6.07, 6.45) is -0.520. The molecule has 0 saturated carbocycles. The van der Waals surface area contributed by atoms with Crippen molar-refractivity contribution >= 4 is 12.1 Å². The van der Waals surface area contributed by atoms with Gasteiger partial charge in [0.05, 0.1) is 0 Å². The number of hydrogen-bond acceptors (Lipinski definition) is 6. The molecule has 8 heteroatoms. The van der Waals surface area contributed by atoms with Crippen molar-refractivity contribution in [2.75, 3.05) is 6.61 Å². The molecule has 5 rings (SSSR count). The average Bonchev–Trinajstić information content (AvgIpc) is 3.46. The summed E-state index contributed by atoms with van der Waals surface area (Å²) < 4.78 is 10.5. The molecule has 1 aliphatic carbocycles. The Morgan fingerprint density at radius 2 is 1.67 bits per heavy atom. The maximum absolute atomic E-state index is 12.4. The summed E-state index contributed by atoms with van der Waals surface area (Å²) in [5.74, 6) is -1.59. The lowest BCUT2D eigenvalue weighted by Crippen LogP contribution is -2.25. The van der Waals surface area contributed by atoms with E-state index < -0.39 is 17.9 Å². The van der Waals surface area contributed by atoms with Crippen LogP contribution >= 0.6 is 0 Å². The van der Waals surface area contributed by atoms with E-state index in [4.69, 9.17) is 14.4 Å². The second-order valence-corrected chi connectivity index (χ2v) is 7.61. The van der Waals surface area contributed by atoms with Gasteiger partial charge in [0.2, 0.25) is 0 Å². The molecule has 0 fully saturated rings. The van der Waals surface area contributed by atoms with E-state index >= 15 is 0 Å². The minimum atomic E-state index is -1.27. The third-order valence-electron chi connectivity index (χ3n) is 5.57. The van der Waals surface area contributed by atoms with Crippen molar-refractivity contribution in [2.45, 2.75) is 12.5 Å². The van der Waals surface area contributed by atoms with Crippen LogP contribution in [0.25, 0.3) is 22.6 Å². The Morgan fingerprint density at radius 1 is 0.970 bits per heavy atom. The summed E-state index contributed by atoms with van der Waals surface area (Å²) in [4.78, 5) is 27.2. The van der Waals surface area contributed by atoms with Gasteiger partial charge in [-0.2, -0.15) is 4.98 Å². The number of carbonyl (C=O) groups is 2. The SMILES string of the molecule is O=C(NCc1cccc(-c2nc(C(=O)O)no2)c1)OCC1c2ccccc2-c2ccccc21. The number of aromatic nitrogens is 2. The summed E-state index contributed by atoms with van der Waals surface area (Å²) in [6.45, 7) is 0.463. The monoisotopic (exact) mass is 441 g/mol. The summed E-state index contributed by atoms with van der Waals surface area (Å²) in [5, 5.41) is 15.1. The number of nitrogens with zero attached hydrogens (tertiary/aromatic N) is 2. The van der Waals surface area contributed by atoms with E-state index in [0.717, 1.165) is 16.7 Å². The molecule has 0 atom stereocenters. The maximum atomic E-state index is 12.4. The van der Waals surface area contributed by atoms with Crippen LogP contribution < -0.4 is 5.32 Å². The highest BCUT2D eigenvalue weighted by Gasteiger charge is 2.29. The zero-order valence-electron chi connectivity index (χ0n) is 17.4. The van der Waals surface area contributed by atoms with E-state index in [1.54, 1.807) is 18.2 Å². The van der Waals surface area contributed by atoms with Crippen LogP contribution in [0, 0.1) is 0 Å². The second kappa shape index (κ2) is 8.58. The molecule has 0 saturated heterocycles. The molecule has 0 unspecified atom stereocenters. The number of benzene rings is 3. The minimum absolute atomic E-state index is 0.00700. The Hall–Kier alpha value is -4.46. The van der Waals surface area contributed by atoms with Gasteiger partial charge < -0.3 is 19.7 Å². The lowest BCUT2D eigenvalue weighted by Gasteiger charge is -2.14. The molecule has 1 heterocycles. The van der Waals surface area contributed by atoms with Gasteiger partial charge in [-0.25, -0.2) is 9.59 Å². The van der Waals surface area contributed by atoms with Crippen molar-refractivity contribution in [3.8, 4) is 22.6 Å². The Bertz CT molecular complexity index is 1300. The number of fused-ring (bicyclic) bond motifs is 3. The normalized spacial score (nSPS) is 12.1. The number of alkyl carbamates (subject to hydrolysis) is 1. The Balaban J connectivity index is 1.22. The van der Waals surface area contributed by atoms with Crippen molar-refractivity contribution < 1.29 is 24.0 Å². The highest BCUT2D eigenvalue weighted by molar-refractivity contribution is 5.83. The molecule has 4 aromatic rings. The van der Waals surface area contributed by atoms with Crippen LogP contribution in [-0.4, -0.2) is 33.9 Å². The summed E-state index contributed by atoms with van der Waals surface area (Å²) in [5.41, 5.74) is 5.98. The predicted octanol–water partition coefficient (Wildman–Crippen LogP) is 4.47. The van der Waals surface area contributed by atoms with E-state index in [-0.39, 0.29) is 25.0 Å². The second-order valence-electron chi connectivity index (χ2n) is 7.61. The summed E-state index contributed by atoms with van der Waals surface area (Å²) >= 11 is 0. The van der Waals surface area contributed by atoms with Gasteiger partial charge in [-0.1, -0.05) is 60.7 Å². The highest BCUT2D eigenvalue weighted by atomic mass is 16.5. The molecule has 164 valence electrons. The van der Waals surface area contributed by atoms with Crippen LogP contribution in [0.15, 0.2) is 77.3 Å². The highest BCUT2D eigenvalue weighted by Crippen LogP contribution is 2.44. The molecule has 8 nitrogen and oxygen atoms in total. The number of hydrogen-bond donors (Lipinski definition) is 2. The van der Waals surface area contributed by atoms with Gasteiger partial charge >= 0.3 is 12.1 Å². The number of aromatic carboxylic acids is 1. The first-order chi connectivity index (χ1) is 16.1. The first kappa shape index (κ1) is 20.4. The van der Waals surface area contributed by atoms with E-state index in [1.807, 2.05) is 30.3 Å². The fourth-order valence-electron chi connectivity index (χ4n) is 4.07. The Morgan fingerprint density at radius 3 is 2.33 bits per heavy atom. The van der Waals surface area contributed by atoms with Crippen LogP contribution in [-0.2, 0) is 11.3 Å². The average molecular weight is 441 g/mol. The van der Waals surface area contributed by atoms with Gasteiger partial charge in [-0.15, -0.1) is 0 Å². The maximum Gasteiger partial charge on any atom is 0.407 e. The molecule has 0 radical (unpaired) electrons. The molecule has 0 spiro atoms. The molecule has 3 aromatic carbocycles. The van der Waals surface area contributed by atoms with Crippen molar-refractivity contribution in [1.82, 2.24) is 15.5 Å². The zero-order chi connectivity index (χ0) is 22.8. The zero-order valence-corrected chi connectivity index (χ0v) is 17.4. The molecular formula is C25H19N3O5. The molecule has 0 aliphatic heterocycles. The standard InChI is InChI=1S/C25H19N3O5/c29-24(30)22-27-23(33-28-22)16-7-5-6-15(12-16)13-26-25(31)32-14-21-19-10-3-1-8-17(19)18-9-2-4-11-20(18)21/h1-12,21H,13-14H2,(H,26,31)(H,29,30). The van der Waals surface area contributed by atoms with Crippen molar-refractivity contribution in [2.24, 2.45) is 0 Å². The number of carboxylic acids is 1. The van der Waals surface area contributed by atoms with Crippen molar-refractivity contribution in [3.05, 3.63) is 95.3 Å². The predicted molar refractivity (Wildman–Crippen MR) is 119 cm³/mol. The number of amides is 1. The quantitative estimate of drug-likeness (QED) is 0.454. The molecule has 1 aromatic heterocycles. The van der Waals surface area contributed by atoms with Crippen LogP contribution in [0.4, 0.5) is 4.79 Å². The summed E-state index contributed by atoms with van der Waals surface area (Å²) in [7, 11) is 0. The molecule has 1 aliphatic rings. The minimum Gasteiger partial charge on any atom is -0.475 e.